The topological polar surface area (TPSA) is 77.0 Å². The summed E-state index contributed by atoms with van der Waals surface area (Å²) in [5.41, 5.74) is 0. The first-order chi connectivity index (χ1) is 13.1. The number of ether oxygens (including phenoxy) is 3. The summed E-state index contributed by atoms with van der Waals surface area (Å²) in [6.45, 7) is 1.09. The molecule has 3 rings (SSSR count). The lowest BCUT2D eigenvalue weighted by molar-refractivity contribution is -0.132. The Labute approximate surface area is 158 Å². The van der Waals surface area contributed by atoms with E-state index in [-0.39, 0.29) is 18.6 Å². The number of anilines is 1. The summed E-state index contributed by atoms with van der Waals surface area (Å²) in [7, 11) is 5.36. The molecule has 1 fully saturated rings. The molecule has 1 aromatic carbocycles. The monoisotopic (exact) mass is 372 g/mol. The smallest absolute Gasteiger partial charge is 0.260 e. The van der Waals surface area contributed by atoms with Gasteiger partial charge in [0.2, 0.25) is 5.88 Å². The summed E-state index contributed by atoms with van der Waals surface area (Å²) >= 11 is 0. The van der Waals surface area contributed by atoms with Crippen LogP contribution < -0.4 is 19.1 Å². The van der Waals surface area contributed by atoms with Crippen LogP contribution in [-0.4, -0.2) is 67.8 Å². The van der Waals surface area contributed by atoms with Gasteiger partial charge in [-0.3, -0.25) is 9.78 Å². The number of nitrogens with zero attached hydrogens (tertiary/aromatic N) is 4. The maximum Gasteiger partial charge on any atom is 0.260 e. The SMILES string of the molecule is COc1ccccc1OCC(=O)N1CC[C@H](Oc2cncc(N(C)C)n2)C1. The summed E-state index contributed by atoms with van der Waals surface area (Å²) in [5.74, 6) is 2.26. The van der Waals surface area contributed by atoms with Crippen LogP contribution in [0.25, 0.3) is 0 Å². The van der Waals surface area contributed by atoms with Gasteiger partial charge in [0.1, 0.15) is 6.10 Å². The van der Waals surface area contributed by atoms with E-state index in [9.17, 15) is 4.79 Å². The highest BCUT2D eigenvalue weighted by molar-refractivity contribution is 5.78. The lowest BCUT2D eigenvalue weighted by Crippen LogP contribution is -2.34. The molecule has 8 nitrogen and oxygen atoms in total. The van der Waals surface area contributed by atoms with E-state index in [2.05, 4.69) is 9.97 Å². The standard InChI is InChI=1S/C19H24N4O4/c1-22(2)17-10-20-11-18(21-17)27-14-8-9-23(12-14)19(24)13-26-16-7-5-4-6-15(16)25-3/h4-7,10-11,14H,8-9,12-13H2,1-3H3/t14-/m0/s1. The number of para-hydroxylation sites is 2. The minimum atomic E-state index is -0.105. The Morgan fingerprint density at radius 3 is 2.78 bits per heavy atom. The van der Waals surface area contributed by atoms with Crippen LogP contribution in [0.4, 0.5) is 5.82 Å². The fourth-order valence-corrected chi connectivity index (χ4v) is 2.80. The molecular formula is C19H24N4O4. The Bertz CT molecular complexity index is 784. The molecule has 1 amide bonds. The van der Waals surface area contributed by atoms with E-state index < -0.39 is 0 Å². The van der Waals surface area contributed by atoms with Crippen LogP contribution in [0.2, 0.25) is 0 Å². The van der Waals surface area contributed by atoms with Crippen molar-refractivity contribution in [3.05, 3.63) is 36.7 Å². The molecule has 1 atom stereocenters. The van der Waals surface area contributed by atoms with Crippen LogP contribution in [0.3, 0.4) is 0 Å². The fraction of sp³-hybridized carbons (Fsp3) is 0.421. The third-order valence-corrected chi connectivity index (χ3v) is 4.26. The van der Waals surface area contributed by atoms with Gasteiger partial charge in [-0.2, -0.15) is 4.98 Å². The molecular weight excluding hydrogens is 348 g/mol. The van der Waals surface area contributed by atoms with E-state index in [1.807, 2.05) is 31.1 Å². The second kappa shape index (κ2) is 8.57. The van der Waals surface area contributed by atoms with E-state index in [0.717, 1.165) is 12.2 Å². The number of hydrogen-bond acceptors (Lipinski definition) is 7. The molecule has 0 bridgehead atoms. The molecule has 2 aromatic rings. The summed E-state index contributed by atoms with van der Waals surface area (Å²) < 4.78 is 16.7. The van der Waals surface area contributed by atoms with Crippen molar-refractivity contribution in [2.45, 2.75) is 12.5 Å². The molecule has 2 heterocycles. The average molecular weight is 372 g/mol. The Balaban J connectivity index is 1.51. The largest absolute Gasteiger partial charge is 0.493 e. The fourth-order valence-electron chi connectivity index (χ4n) is 2.80. The number of rotatable bonds is 7. The van der Waals surface area contributed by atoms with Crippen molar-refractivity contribution in [3.8, 4) is 17.4 Å². The normalized spacial score (nSPS) is 16.1. The average Bonchev–Trinajstić information content (AvgIpc) is 3.15. The summed E-state index contributed by atoms with van der Waals surface area (Å²) in [5, 5.41) is 0. The van der Waals surface area contributed by atoms with E-state index in [1.54, 1.807) is 36.5 Å². The van der Waals surface area contributed by atoms with Crippen LogP contribution in [-0.2, 0) is 4.79 Å². The predicted octanol–water partition coefficient (Wildman–Crippen LogP) is 1.61. The highest BCUT2D eigenvalue weighted by atomic mass is 16.5. The zero-order chi connectivity index (χ0) is 19.2. The van der Waals surface area contributed by atoms with Gasteiger partial charge >= 0.3 is 0 Å². The van der Waals surface area contributed by atoms with Gasteiger partial charge in [-0.1, -0.05) is 12.1 Å². The van der Waals surface area contributed by atoms with Crippen molar-refractivity contribution in [1.29, 1.82) is 0 Å². The lowest BCUT2D eigenvalue weighted by Gasteiger charge is -2.18. The number of likely N-dealkylation sites (tertiary alicyclic amines) is 1. The molecule has 1 aliphatic rings. The number of carbonyl (C=O) groups excluding carboxylic acids is 1. The third kappa shape index (κ3) is 4.78. The molecule has 0 radical (unpaired) electrons. The minimum absolute atomic E-state index is 0.0387. The van der Waals surface area contributed by atoms with Crippen LogP contribution in [0.1, 0.15) is 6.42 Å². The van der Waals surface area contributed by atoms with Crippen molar-refractivity contribution in [1.82, 2.24) is 14.9 Å². The van der Waals surface area contributed by atoms with Crippen molar-refractivity contribution in [3.63, 3.8) is 0 Å². The quantitative estimate of drug-likeness (QED) is 0.731. The molecule has 1 aromatic heterocycles. The Morgan fingerprint density at radius 1 is 1.26 bits per heavy atom. The molecule has 27 heavy (non-hydrogen) atoms. The summed E-state index contributed by atoms with van der Waals surface area (Å²) in [4.78, 5) is 24.6. The molecule has 1 saturated heterocycles. The maximum atomic E-state index is 12.4. The second-order valence-corrected chi connectivity index (χ2v) is 6.42. The third-order valence-electron chi connectivity index (χ3n) is 4.26. The molecule has 0 aliphatic carbocycles. The molecule has 0 unspecified atom stereocenters. The molecule has 0 N–H and O–H groups in total. The van der Waals surface area contributed by atoms with Gasteiger partial charge in [0.15, 0.2) is 23.9 Å². The molecule has 144 valence electrons. The van der Waals surface area contributed by atoms with Gasteiger partial charge in [-0.05, 0) is 12.1 Å². The van der Waals surface area contributed by atoms with Crippen LogP contribution in [0, 0.1) is 0 Å². The molecule has 8 heteroatoms. The molecule has 0 saturated carbocycles. The first-order valence-electron chi connectivity index (χ1n) is 8.76. The number of aromatic nitrogens is 2. The van der Waals surface area contributed by atoms with Gasteiger partial charge in [-0.25, -0.2) is 0 Å². The van der Waals surface area contributed by atoms with Crippen LogP contribution in [0.5, 0.6) is 17.4 Å². The molecule has 0 spiro atoms. The second-order valence-electron chi connectivity index (χ2n) is 6.42. The maximum absolute atomic E-state index is 12.4. The summed E-state index contributed by atoms with van der Waals surface area (Å²) in [6.07, 6.45) is 3.90. The van der Waals surface area contributed by atoms with Crippen molar-refractivity contribution < 1.29 is 19.0 Å². The number of benzene rings is 1. The number of methoxy groups -OCH3 is 1. The van der Waals surface area contributed by atoms with E-state index in [1.165, 1.54) is 0 Å². The van der Waals surface area contributed by atoms with Gasteiger partial charge in [0, 0.05) is 27.1 Å². The van der Waals surface area contributed by atoms with Crippen molar-refractivity contribution >= 4 is 11.7 Å². The van der Waals surface area contributed by atoms with Crippen LogP contribution >= 0.6 is 0 Å². The van der Waals surface area contributed by atoms with Gasteiger partial charge in [0.25, 0.3) is 5.91 Å². The van der Waals surface area contributed by atoms with Gasteiger partial charge in [-0.15, -0.1) is 0 Å². The van der Waals surface area contributed by atoms with Gasteiger partial charge < -0.3 is 24.0 Å². The van der Waals surface area contributed by atoms with E-state index in [0.29, 0.717) is 30.5 Å². The van der Waals surface area contributed by atoms with Crippen molar-refractivity contribution in [2.24, 2.45) is 0 Å². The predicted molar refractivity (Wildman–Crippen MR) is 100 cm³/mol. The van der Waals surface area contributed by atoms with E-state index in [4.69, 9.17) is 14.2 Å². The number of amides is 1. The molecule has 1 aliphatic heterocycles. The minimum Gasteiger partial charge on any atom is -0.493 e. The highest BCUT2D eigenvalue weighted by Crippen LogP contribution is 2.26. The Kier molecular flexibility index (Phi) is 5.95. The first kappa shape index (κ1) is 18.8. The van der Waals surface area contributed by atoms with Crippen LogP contribution in [0.15, 0.2) is 36.7 Å². The lowest BCUT2D eigenvalue weighted by atomic mass is 10.3. The van der Waals surface area contributed by atoms with E-state index >= 15 is 0 Å². The highest BCUT2D eigenvalue weighted by Gasteiger charge is 2.28. The first-order valence-corrected chi connectivity index (χ1v) is 8.76. The van der Waals surface area contributed by atoms with Gasteiger partial charge in [0.05, 0.1) is 26.0 Å². The summed E-state index contributed by atoms with van der Waals surface area (Å²) in [6, 6.07) is 7.26. The zero-order valence-corrected chi connectivity index (χ0v) is 15.8. The Morgan fingerprint density at radius 2 is 2.04 bits per heavy atom. The Hall–Kier alpha value is -3.03. The number of carbonyl (C=O) groups is 1. The zero-order valence-electron chi connectivity index (χ0n) is 15.8. The number of hydrogen-bond donors (Lipinski definition) is 0. The van der Waals surface area contributed by atoms with Crippen molar-refractivity contribution in [2.75, 3.05) is 45.8 Å².